The number of carbonyl (C=O) groups is 1. The van der Waals surface area contributed by atoms with E-state index in [-0.39, 0.29) is 24.2 Å². The Hall–Kier alpha value is -2.80. The molecule has 0 radical (unpaired) electrons. The van der Waals surface area contributed by atoms with Crippen LogP contribution in [0.25, 0.3) is 0 Å². The molecule has 3 aromatic rings. The molecular weight excluding hydrogens is 352 g/mol. The molecule has 7 heteroatoms. The number of methoxy groups -OCH3 is 1. The number of hydrogen-bond acceptors (Lipinski definition) is 6. The van der Waals surface area contributed by atoms with Gasteiger partial charge in [-0.15, -0.1) is 11.3 Å². The molecule has 0 fully saturated rings. The maximum absolute atomic E-state index is 12.6. The van der Waals surface area contributed by atoms with Gasteiger partial charge in [0.1, 0.15) is 6.61 Å². The molecule has 0 aliphatic carbocycles. The summed E-state index contributed by atoms with van der Waals surface area (Å²) in [6.07, 6.45) is 0. The van der Waals surface area contributed by atoms with Gasteiger partial charge in [-0.3, -0.25) is 4.79 Å². The summed E-state index contributed by atoms with van der Waals surface area (Å²) in [5.41, 5.74) is 0.259. The first-order chi connectivity index (χ1) is 12.6. The van der Waals surface area contributed by atoms with Gasteiger partial charge in [-0.05, 0) is 30.5 Å². The number of amides is 1. The van der Waals surface area contributed by atoms with Crippen LogP contribution < -0.4 is 9.47 Å². The van der Waals surface area contributed by atoms with Gasteiger partial charge in [-0.25, -0.2) is 0 Å². The molecule has 0 aliphatic rings. The van der Waals surface area contributed by atoms with Crippen molar-refractivity contribution >= 4 is 17.2 Å². The summed E-state index contributed by atoms with van der Waals surface area (Å²) in [5, 5.41) is 5.88. The monoisotopic (exact) mass is 372 g/mol. The number of thiophene rings is 1. The number of aromatic nitrogens is 1. The number of para-hydroxylation sites is 2. The molecule has 2 heterocycles. The molecule has 0 spiro atoms. The molecule has 136 valence electrons. The van der Waals surface area contributed by atoms with Crippen molar-refractivity contribution in [3.63, 3.8) is 0 Å². The van der Waals surface area contributed by atoms with Gasteiger partial charge in [0.15, 0.2) is 23.0 Å². The van der Waals surface area contributed by atoms with E-state index in [4.69, 9.17) is 14.0 Å². The lowest BCUT2D eigenvalue weighted by atomic mass is 10.2. The summed E-state index contributed by atoms with van der Waals surface area (Å²) in [6, 6.07) is 12.9. The predicted molar refractivity (Wildman–Crippen MR) is 98.7 cm³/mol. The first kappa shape index (κ1) is 18.0. The quantitative estimate of drug-likeness (QED) is 0.623. The molecule has 0 N–H and O–H groups in total. The Morgan fingerprint density at radius 3 is 2.73 bits per heavy atom. The second-order valence-corrected chi connectivity index (χ2v) is 6.70. The van der Waals surface area contributed by atoms with Crippen LogP contribution in [0.3, 0.4) is 0 Å². The molecule has 1 amide bonds. The Morgan fingerprint density at radius 1 is 1.27 bits per heavy atom. The van der Waals surface area contributed by atoms with Crippen LogP contribution in [0.1, 0.15) is 34.1 Å². The van der Waals surface area contributed by atoms with Crippen molar-refractivity contribution in [2.45, 2.75) is 19.6 Å². The van der Waals surface area contributed by atoms with Gasteiger partial charge in [0.25, 0.3) is 5.91 Å². The SMILES string of the molecule is COc1ccccc1OCc1cc(C(=O)N(C)[C@H](C)c2cccs2)no1. The Kier molecular flexibility index (Phi) is 5.58. The summed E-state index contributed by atoms with van der Waals surface area (Å²) < 4.78 is 16.2. The fourth-order valence-electron chi connectivity index (χ4n) is 2.45. The Bertz CT molecular complexity index is 860. The smallest absolute Gasteiger partial charge is 0.276 e. The number of carbonyl (C=O) groups excluding carboxylic acids is 1. The van der Waals surface area contributed by atoms with Crippen LogP contribution >= 0.6 is 11.3 Å². The van der Waals surface area contributed by atoms with E-state index < -0.39 is 0 Å². The normalized spacial score (nSPS) is 11.8. The third-order valence-corrected chi connectivity index (χ3v) is 5.12. The minimum absolute atomic E-state index is 0.0347. The van der Waals surface area contributed by atoms with Crippen LogP contribution in [0.15, 0.2) is 52.4 Å². The summed E-state index contributed by atoms with van der Waals surface area (Å²) >= 11 is 1.62. The van der Waals surface area contributed by atoms with E-state index in [0.717, 1.165) is 4.88 Å². The molecule has 1 atom stereocenters. The van der Waals surface area contributed by atoms with Crippen molar-refractivity contribution in [1.29, 1.82) is 0 Å². The van der Waals surface area contributed by atoms with E-state index in [9.17, 15) is 4.79 Å². The van der Waals surface area contributed by atoms with Crippen molar-refractivity contribution in [2.24, 2.45) is 0 Å². The highest BCUT2D eigenvalue weighted by molar-refractivity contribution is 7.10. The third kappa shape index (κ3) is 3.88. The Balaban J connectivity index is 1.64. The second-order valence-electron chi connectivity index (χ2n) is 5.73. The topological polar surface area (TPSA) is 64.8 Å². The second kappa shape index (κ2) is 8.05. The number of rotatable bonds is 7. The highest BCUT2D eigenvalue weighted by atomic mass is 32.1. The minimum atomic E-state index is -0.196. The molecule has 0 bridgehead atoms. The minimum Gasteiger partial charge on any atom is -0.493 e. The predicted octanol–water partition coefficient (Wildman–Crippen LogP) is 4.16. The lowest BCUT2D eigenvalue weighted by molar-refractivity contribution is 0.0734. The molecule has 1 aromatic carbocycles. The van der Waals surface area contributed by atoms with E-state index in [2.05, 4.69) is 5.16 Å². The van der Waals surface area contributed by atoms with Crippen molar-refractivity contribution in [2.75, 3.05) is 14.2 Å². The summed E-state index contributed by atoms with van der Waals surface area (Å²) in [7, 11) is 3.34. The number of benzene rings is 1. The highest BCUT2D eigenvalue weighted by Crippen LogP contribution is 2.27. The van der Waals surface area contributed by atoms with E-state index in [1.54, 1.807) is 42.5 Å². The van der Waals surface area contributed by atoms with Crippen molar-refractivity contribution in [1.82, 2.24) is 10.1 Å². The fraction of sp³-hybridized carbons (Fsp3) is 0.263. The Morgan fingerprint density at radius 2 is 2.04 bits per heavy atom. The lowest BCUT2D eigenvalue weighted by Gasteiger charge is -2.22. The molecule has 0 saturated carbocycles. The summed E-state index contributed by atoms with van der Waals surface area (Å²) in [6.45, 7) is 2.14. The molecule has 6 nitrogen and oxygen atoms in total. The van der Waals surface area contributed by atoms with Crippen LogP contribution in [0.5, 0.6) is 11.5 Å². The van der Waals surface area contributed by atoms with E-state index in [0.29, 0.717) is 17.3 Å². The number of nitrogens with zero attached hydrogens (tertiary/aromatic N) is 2. The third-order valence-electron chi connectivity index (χ3n) is 4.07. The molecule has 0 aliphatic heterocycles. The first-order valence-corrected chi connectivity index (χ1v) is 9.00. The van der Waals surface area contributed by atoms with Crippen LogP contribution in [-0.2, 0) is 6.61 Å². The molecule has 0 unspecified atom stereocenters. The van der Waals surface area contributed by atoms with Crippen LogP contribution in [0, 0.1) is 0 Å². The molecular formula is C19H20N2O4S. The molecule has 26 heavy (non-hydrogen) atoms. The maximum Gasteiger partial charge on any atom is 0.276 e. The van der Waals surface area contributed by atoms with Gasteiger partial charge in [0, 0.05) is 18.0 Å². The average Bonchev–Trinajstić information content (AvgIpc) is 3.36. The van der Waals surface area contributed by atoms with Gasteiger partial charge in [0.2, 0.25) is 0 Å². The zero-order valence-electron chi connectivity index (χ0n) is 14.8. The van der Waals surface area contributed by atoms with Crippen molar-refractivity contribution < 1.29 is 18.8 Å². The zero-order valence-corrected chi connectivity index (χ0v) is 15.7. The van der Waals surface area contributed by atoms with Crippen LogP contribution in [0.2, 0.25) is 0 Å². The standard InChI is InChI=1S/C19H20N2O4S/c1-13(18-9-6-10-26-18)21(2)19(22)15-11-14(25-20-15)12-24-17-8-5-4-7-16(17)23-3/h4-11,13H,12H2,1-3H3/t13-/m1/s1. The summed E-state index contributed by atoms with van der Waals surface area (Å²) in [5.74, 6) is 1.50. The summed E-state index contributed by atoms with van der Waals surface area (Å²) in [4.78, 5) is 15.4. The maximum atomic E-state index is 12.6. The van der Waals surface area contributed by atoms with Gasteiger partial charge < -0.3 is 18.9 Å². The lowest BCUT2D eigenvalue weighted by Crippen LogP contribution is -2.29. The Labute approximate surface area is 155 Å². The number of hydrogen-bond donors (Lipinski definition) is 0. The molecule has 0 saturated heterocycles. The van der Waals surface area contributed by atoms with Crippen LogP contribution in [-0.4, -0.2) is 30.1 Å². The number of ether oxygens (including phenoxy) is 2. The van der Waals surface area contributed by atoms with Gasteiger partial charge in [-0.2, -0.15) is 0 Å². The zero-order chi connectivity index (χ0) is 18.5. The van der Waals surface area contributed by atoms with E-state index in [1.807, 2.05) is 42.6 Å². The largest absolute Gasteiger partial charge is 0.493 e. The highest BCUT2D eigenvalue weighted by Gasteiger charge is 2.22. The van der Waals surface area contributed by atoms with Crippen molar-refractivity contribution in [3.8, 4) is 11.5 Å². The van der Waals surface area contributed by atoms with Gasteiger partial charge in [-0.1, -0.05) is 23.4 Å². The van der Waals surface area contributed by atoms with Gasteiger partial charge in [0.05, 0.1) is 13.2 Å². The van der Waals surface area contributed by atoms with E-state index in [1.165, 1.54) is 0 Å². The van der Waals surface area contributed by atoms with Crippen molar-refractivity contribution in [3.05, 3.63) is 64.2 Å². The first-order valence-electron chi connectivity index (χ1n) is 8.12. The van der Waals surface area contributed by atoms with Gasteiger partial charge >= 0.3 is 0 Å². The average molecular weight is 372 g/mol. The van der Waals surface area contributed by atoms with E-state index >= 15 is 0 Å². The molecule has 2 aromatic heterocycles. The fourth-order valence-corrected chi connectivity index (χ4v) is 3.27. The molecule has 3 rings (SSSR count). The van der Waals surface area contributed by atoms with Crippen LogP contribution in [0.4, 0.5) is 0 Å².